The average molecular weight is 305 g/mol. The molecule has 1 heterocycles. The summed E-state index contributed by atoms with van der Waals surface area (Å²) < 4.78 is 1.17. The van der Waals surface area contributed by atoms with Crippen LogP contribution in [0.15, 0.2) is 15.9 Å². The first-order valence-electron chi connectivity index (χ1n) is 5.79. The van der Waals surface area contributed by atoms with Gasteiger partial charge in [-0.1, -0.05) is 13.8 Å². The zero-order valence-electron chi connectivity index (χ0n) is 10.1. The molecule has 0 aliphatic rings. The van der Waals surface area contributed by atoms with Gasteiger partial charge >= 0.3 is 0 Å². The lowest BCUT2D eigenvalue weighted by atomic mass is 9.82. The third kappa shape index (κ3) is 3.84. The standard InChI is InChI=1S/C12H21BrN2S/c1-3-12(4-2,8-14)9-15-6-11-5-10(13)7-16-11/h5,7,15H,3-4,6,8-9,14H2,1-2H3. The van der Waals surface area contributed by atoms with E-state index >= 15 is 0 Å². The largest absolute Gasteiger partial charge is 0.330 e. The van der Waals surface area contributed by atoms with Crippen LogP contribution in [-0.2, 0) is 6.54 Å². The minimum Gasteiger partial charge on any atom is -0.330 e. The molecule has 0 atom stereocenters. The van der Waals surface area contributed by atoms with E-state index in [1.807, 2.05) is 0 Å². The van der Waals surface area contributed by atoms with Crippen LogP contribution in [0.25, 0.3) is 0 Å². The van der Waals surface area contributed by atoms with Crippen molar-refractivity contribution in [1.29, 1.82) is 0 Å². The van der Waals surface area contributed by atoms with Crippen LogP contribution in [-0.4, -0.2) is 13.1 Å². The Kier molecular flexibility index (Phi) is 5.97. The van der Waals surface area contributed by atoms with Gasteiger partial charge in [-0.3, -0.25) is 0 Å². The van der Waals surface area contributed by atoms with Crippen molar-refractivity contribution in [2.45, 2.75) is 33.2 Å². The van der Waals surface area contributed by atoms with Gasteiger partial charge in [0.25, 0.3) is 0 Å². The van der Waals surface area contributed by atoms with E-state index in [1.165, 1.54) is 9.35 Å². The summed E-state index contributed by atoms with van der Waals surface area (Å²) in [6.07, 6.45) is 2.28. The summed E-state index contributed by atoms with van der Waals surface area (Å²) >= 11 is 5.25. The van der Waals surface area contributed by atoms with Crippen molar-refractivity contribution in [3.8, 4) is 0 Å². The Balaban J connectivity index is 2.39. The number of hydrogen-bond donors (Lipinski definition) is 2. The summed E-state index contributed by atoms with van der Waals surface area (Å²) in [7, 11) is 0. The van der Waals surface area contributed by atoms with E-state index in [2.05, 4.69) is 46.5 Å². The van der Waals surface area contributed by atoms with E-state index in [9.17, 15) is 0 Å². The van der Waals surface area contributed by atoms with Crippen LogP contribution < -0.4 is 11.1 Å². The lowest BCUT2D eigenvalue weighted by Crippen LogP contribution is -2.39. The highest BCUT2D eigenvalue weighted by atomic mass is 79.9. The molecule has 1 aromatic rings. The predicted molar refractivity (Wildman–Crippen MR) is 75.8 cm³/mol. The molecule has 1 rings (SSSR count). The maximum atomic E-state index is 5.87. The lowest BCUT2D eigenvalue weighted by Gasteiger charge is -2.30. The van der Waals surface area contributed by atoms with Crippen molar-refractivity contribution in [3.63, 3.8) is 0 Å². The summed E-state index contributed by atoms with van der Waals surface area (Å²) in [6.45, 7) is 7.16. The molecule has 2 nitrogen and oxygen atoms in total. The molecule has 92 valence electrons. The molecule has 0 bridgehead atoms. The summed E-state index contributed by atoms with van der Waals surface area (Å²) in [5, 5.41) is 5.64. The normalized spacial score (nSPS) is 12.0. The number of rotatable bonds is 7. The molecular formula is C12H21BrN2S. The van der Waals surface area contributed by atoms with Crippen LogP contribution in [0.4, 0.5) is 0 Å². The van der Waals surface area contributed by atoms with Crippen molar-refractivity contribution in [1.82, 2.24) is 5.32 Å². The number of halogens is 1. The lowest BCUT2D eigenvalue weighted by molar-refractivity contribution is 0.259. The number of hydrogen-bond acceptors (Lipinski definition) is 3. The molecule has 0 saturated heterocycles. The van der Waals surface area contributed by atoms with Gasteiger partial charge in [0.15, 0.2) is 0 Å². The smallest absolute Gasteiger partial charge is 0.0300 e. The third-order valence-electron chi connectivity index (χ3n) is 3.35. The molecule has 0 radical (unpaired) electrons. The predicted octanol–water partition coefficient (Wildman–Crippen LogP) is 3.37. The van der Waals surface area contributed by atoms with E-state index in [4.69, 9.17) is 5.73 Å². The monoisotopic (exact) mass is 304 g/mol. The molecule has 0 amide bonds. The van der Waals surface area contributed by atoms with E-state index in [0.29, 0.717) is 0 Å². The highest BCUT2D eigenvalue weighted by molar-refractivity contribution is 9.10. The Bertz CT molecular complexity index is 299. The van der Waals surface area contributed by atoms with E-state index in [0.717, 1.165) is 32.5 Å². The van der Waals surface area contributed by atoms with Gasteiger partial charge in [-0.2, -0.15) is 0 Å². The van der Waals surface area contributed by atoms with Gasteiger partial charge in [0.1, 0.15) is 0 Å². The average Bonchev–Trinajstić information content (AvgIpc) is 2.71. The summed E-state index contributed by atoms with van der Waals surface area (Å²) in [5.41, 5.74) is 6.14. The van der Waals surface area contributed by atoms with Crippen LogP contribution in [0, 0.1) is 5.41 Å². The molecule has 0 unspecified atom stereocenters. The molecule has 0 saturated carbocycles. The van der Waals surface area contributed by atoms with Gasteiger partial charge < -0.3 is 11.1 Å². The van der Waals surface area contributed by atoms with Crippen LogP contribution in [0.1, 0.15) is 31.6 Å². The number of nitrogens with one attached hydrogen (secondary N) is 1. The Hall–Kier alpha value is 0.1000. The van der Waals surface area contributed by atoms with Gasteiger partial charge in [-0.25, -0.2) is 0 Å². The quantitative estimate of drug-likeness (QED) is 0.810. The van der Waals surface area contributed by atoms with Gasteiger partial charge in [0.2, 0.25) is 0 Å². The second kappa shape index (κ2) is 6.74. The Morgan fingerprint density at radius 1 is 1.44 bits per heavy atom. The second-order valence-electron chi connectivity index (χ2n) is 4.25. The number of thiophene rings is 1. The topological polar surface area (TPSA) is 38.0 Å². The Labute approximate surface area is 111 Å². The minimum atomic E-state index is 0.272. The van der Waals surface area contributed by atoms with Crippen molar-refractivity contribution >= 4 is 27.3 Å². The Morgan fingerprint density at radius 2 is 2.12 bits per heavy atom. The summed E-state index contributed by atoms with van der Waals surface area (Å²) in [6, 6.07) is 2.17. The third-order valence-corrected chi connectivity index (χ3v) is 5.05. The van der Waals surface area contributed by atoms with Gasteiger partial charge in [-0.05, 0) is 46.8 Å². The van der Waals surface area contributed by atoms with E-state index in [-0.39, 0.29) is 5.41 Å². The molecule has 0 aliphatic carbocycles. The van der Waals surface area contributed by atoms with Crippen molar-refractivity contribution in [3.05, 3.63) is 20.8 Å². The SMILES string of the molecule is CCC(CC)(CN)CNCc1cc(Br)cs1. The molecule has 0 spiro atoms. The first-order valence-corrected chi connectivity index (χ1v) is 7.46. The Morgan fingerprint density at radius 3 is 2.56 bits per heavy atom. The molecule has 0 aromatic carbocycles. The summed E-state index contributed by atoms with van der Waals surface area (Å²) in [5.74, 6) is 0. The highest BCUT2D eigenvalue weighted by Gasteiger charge is 2.23. The van der Waals surface area contributed by atoms with Gasteiger partial charge in [-0.15, -0.1) is 11.3 Å². The molecule has 3 N–H and O–H groups in total. The molecule has 16 heavy (non-hydrogen) atoms. The van der Waals surface area contributed by atoms with Crippen LogP contribution in [0.5, 0.6) is 0 Å². The van der Waals surface area contributed by atoms with Crippen LogP contribution in [0.3, 0.4) is 0 Å². The fourth-order valence-electron chi connectivity index (χ4n) is 1.76. The molecule has 0 aliphatic heterocycles. The molecule has 0 fully saturated rings. The fraction of sp³-hybridized carbons (Fsp3) is 0.667. The van der Waals surface area contributed by atoms with Crippen molar-refractivity contribution < 1.29 is 0 Å². The molecular weight excluding hydrogens is 284 g/mol. The van der Waals surface area contributed by atoms with Crippen LogP contribution in [0.2, 0.25) is 0 Å². The van der Waals surface area contributed by atoms with E-state index in [1.54, 1.807) is 11.3 Å². The summed E-state index contributed by atoms with van der Waals surface area (Å²) in [4.78, 5) is 1.37. The first-order chi connectivity index (χ1) is 7.65. The highest BCUT2D eigenvalue weighted by Crippen LogP contribution is 2.24. The maximum Gasteiger partial charge on any atom is 0.0300 e. The van der Waals surface area contributed by atoms with Gasteiger partial charge in [0, 0.05) is 27.8 Å². The fourth-order valence-corrected chi connectivity index (χ4v) is 3.18. The first kappa shape index (κ1) is 14.2. The molecule has 4 heteroatoms. The zero-order valence-corrected chi connectivity index (χ0v) is 12.5. The number of nitrogens with two attached hydrogens (primary N) is 1. The second-order valence-corrected chi connectivity index (χ2v) is 6.16. The van der Waals surface area contributed by atoms with Crippen molar-refractivity contribution in [2.24, 2.45) is 11.1 Å². The minimum absolute atomic E-state index is 0.272. The maximum absolute atomic E-state index is 5.87. The van der Waals surface area contributed by atoms with E-state index < -0.39 is 0 Å². The van der Waals surface area contributed by atoms with Crippen molar-refractivity contribution in [2.75, 3.05) is 13.1 Å². The van der Waals surface area contributed by atoms with Crippen LogP contribution >= 0.6 is 27.3 Å². The van der Waals surface area contributed by atoms with Gasteiger partial charge in [0.05, 0.1) is 0 Å². The zero-order chi connectivity index (χ0) is 12.0. The molecule has 1 aromatic heterocycles.